The average molecular weight is 405 g/mol. The summed E-state index contributed by atoms with van der Waals surface area (Å²) in [6.45, 7) is 10.5. The number of methoxy groups -OCH3 is 3. The Morgan fingerprint density at radius 1 is 0.633 bits per heavy atom. The Kier molecular flexibility index (Phi) is 11.2. The molecule has 3 nitrogen and oxygen atoms in total. The van der Waals surface area contributed by atoms with Gasteiger partial charge in [0.1, 0.15) is 0 Å². The molecule has 0 atom stereocenters. The first-order chi connectivity index (χ1) is 14.6. The molecule has 0 aliphatic heterocycles. The lowest BCUT2D eigenvalue weighted by Gasteiger charge is -2.12. The van der Waals surface area contributed by atoms with Crippen LogP contribution in [0.15, 0.2) is 79.9 Å². The molecule has 0 amide bonds. The van der Waals surface area contributed by atoms with Crippen molar-refractivity contribution in [2.24, 2.45) is 0 Å². The second-order valence-corrected chi connectivity index (χ2v) is 6.22. The number of rotatable bonds is 5. The zero-order chi connectivity index (χ0) is 22.4. The number of fused-ring (bicyclic) bond motifs is 1. The molecule has 0 saturated carbocycles. The van der Waals surface area contributed by atoms with Crippen LogP contribution in [-0.2, 0) is 0 Å². The largest absolute Gasteiger partial charge is 0.493 e. The molecule has 3 heteroatoms. The number of benzene rings is 3. The molecule has 0 aliphatic carbocycles. The molecular weight excluding hydrogens is 372 g/mol. The summed E-state index contributed by atoms with van der Waals surface area (Å²) in [5.41, 5.74) is 2.13. The van der Waals surface area contributed by atoms with Gasteiger partial charge in [-0.3, -0.25) is 0 Å². The van der Waals surface area contributed by atoms with Crippen LogP contribution in [0, 0.1) is 0 Å². The summed E-state index contributed by atoms with van der Waals surface area (Å²) in [6.07, 6.45) is 7.61. The molecule has 0 unspecified atom stereocenters. The molecule has 0 N–H and O–H groups in total. The van der Waals surface area contributed by atoms with Gasteiger partial charge in [-0.25, -0.2) is 0 Å². The van der Waals surface area contributed by atoms with Gasteiger partial charge in [-0.1, -0.05) is 60.7 Å². The molecule has 3 rings (SSSR count). The van der Waals surface area contributed by atoms with Crippen LogP contribution in [0.2, 0.25) is 0 Å². The molecule has 3 aromatic rings. The Morgan fingerprint density at radius 2 is 1.13 bits per heavy atom. The summed E-state index contributed by atoms with van der Waals surface area (Å²) in [5.74, 6) is 1.90. The minimum absolute atomic E-state index is 0.600. The highest BCUT2D eigenvalue weighted by Crippen LogP contribution is 2.38. The number of allylic oxidation sites excluding steroid dienone is 2. The van der Waals surface area contributed by atoms with E-state index in [0.717, 1.165) is 11.1 Å². The molecule has 0 aliphatic rings. The van der Waals surface area contributed by atoms with Crippen LogP contribution in [0.4, 0.5) is 0 Å². The maximum atomic E-state index is 5.39. The van der Waals surface area contributed by atoms with Crippen LogP contribution < -0.4 is 14.2 Å². The normalized spacial score (nSPS) is 9.63. The van der Waals surface area contributed by atoms with Gasteiger partial charge in [-0.05, 0) is 53.9 Å². The molecule has 0 fully saturated rings. The van der Waals surface area contributed by atoms with E-state index in [4.69, 9.17) is 14.2 Å². The number of ether oxygens (including phenoxy) is 3. The van der Waals surface area contributed by atoms with Crippen molar-refractivity contribution in [1.29, 1.82) is 0 Å². The molecular formula is C27H32O3. The van der Waals surface area contributed by atoms with Gasteiger partial charge in [-0.15, -0.1) is 13.2 Å². The molecule has 0 bridgehead atoms. The van der Waals surface area contributed by atoms with Gasteiger partial charge in [0.2, 0.25) is 5.75 Å². The Bertz CT molecular complexity index is 940. The minimum atomic E-state index is 0.600. The quantitative estimate of drug-likeness (QED) is 0.327. The first kappa shape index (κ1) is 24.6. The van der Waals surface area contributed by atoms with Crippen molar-refractivity contribution in [1.82, 2.24) is 0 Å². The summed E-state index contributed by atoms with van der Waals surface area (Å²) < 4.78 is 16.1. The molecule has 158 valence electrons. The molecule has 3 aromatic carbocycles. The molecule has 0 spiro atoms. The van der Waals surface area contributed by atoms with Crippen molar-refractivity contribution >= 4 is 22.9 Å². The predicted molar refractivity (Wildman–Crippen MR) is 131 cm³/mol. The van der Waals surface area contributed by atoms with Crippen molar-refractivity contribution < 1.29 is 14.2 Å². The van der Waals surface area contributed by atoms with Gasteiger partial charge >= 0.3 is 0 Å². The van der Waals surface area contributed by atoms with Crippen LogP contribution in [0.25, 0.3) is 22.9 Å². The lowest BCUT2D eigenvalue weighted by Crippen LogP contribution is -1.95. The summed E-state index contributed by atoms with van der Waals surface area (Å²) in [6, 6.07) is 18.6. The lowest BCUT2D eigenvalue weighted by atomic mass is 10.1. The summed E-state index contributed by atoms with van der Waals surface area (Å²) in [7, 11) is 4.84. The first-order valence-electron chi connectivity index (χ1n) is 9.69. The van der Waals surface area contributed by atoms with Crippen molar-refractivity contribution in [3.63, 3.8) is 0 Å². The van der Waals surface area contributed by atoms with E-state index in [1.54, 1.807) is 33.5 Å². The van der Waals surface area contributed by atoms with E-state index in [1.807, 2.05) is 38.1 Å². The van der Waals surface area contributed by atoms with Gasteiger partial charge in [0.25, 0.3) is 0 Å². The summed E-state index contributed by atoms with van der Waals surface area (Å²) in [4.78, 5) is 0. The van der Waals surface area contributed by atoms with E-state index in [9.17, 15) is 0 Å². The molecule has 0 heterocycles. The van der Waals surface area contributed by atoms with Crippen molar-refractivity contribution in [3.8, 4) is 17.2 Å². The predicted octanol–water partition coefficient (Wildman–Crippen LogP) is 7.42. The van der Waals surface area contributed by atoms with Crippen LogP contribution >= 0.6 is 0 Å². The van der Waals surface area contributed by atoms with Gasteiger partial charge < -0.3 is 14.2 Å². The highest BCUT2D eigenvalue weighted by molar-refractivity contribution is 5.86. The van der Waals surface area contributed by atoms with E-state index < -0.39 is 0 Å². The summed E-state index contributed by atoms with van der Waals surface area (Å²) in [5, 5.41) is 2.46. The minimum Gasteiger partial charge on any atom is -0.493 e. The highest BCUT2D eigenvalue weighted by atomic mass is 16.5. The SMILES string of the molecule is C=CC.C=CC.COc1cc(/C=C/c2ccc3ccccc3c2)cc(OC)c1OC. The van der Waals surface area contributed by atoms with Crippen molar-refractivity contribution in [2.75, 3.05) is 21.3 Å². The van der Waals surface area contributed by atoms with Crippen LogP contribution in [0.3, 0.4) is 0 Å². The second-order valence-electron chi connectivity index (χ2n) is 6.22. The Balaban J connectivity index is 0.000000672. The topological polar surface area (TPSA) is 27.7 Å². The average Bonchev–Trinajstić information content (AvgIpc) is 2.77. The fourth-order valence-corrected chi connectivity index (χ4v) is 2.70. The fraction of sp³-hybridized carbons (Fsp3) is 0.185. The van der Waals surface area contributed by atoms with E-state index in [1.165, 1.54) is 10.8 Å². The van der Waals surface area contributed by atoms with Gasteiger partial charge in [0.15, 0.2) is 11.5 Å². The highest BCUT2D eigenvalue weighted by Gasteiger charge is 2.11. The van der Waals surface area contributed by atoms with Crippen molar-refractivity contribution in [3.05, 3.63) is 91.0 Å². The zero-order valence-corrected chi connectivity index (χ0v) is 18.6. The Labute approximate surface area is 180 Å². The monoisotopic (exact) mass is 404 g/mol. The van der Waals surface area contributed by atoms with Crippen molar-refractivity contribution in [2.45, 2.75) is 13.8 Å². The van der Waals surface area contributed by atoms with Gasteiger partial charge in [0.05, 0.1) is 21.3 Å². The molecule has 0 saturated heterocycles. The third kappa shape index (κ3) is 7.17. The maximum absolute atomic E-state index is 5.39. The third-order valence-corrected chi connectivity index (χ3v) is 3.93. The third-order valence-electron chi connectivity index (χ3n) is 3.93. The number of hydrogen-bond acceptors (Lipinski definition) is 3. The molecule has 0 aromatic heterocycles. The van der Waals surface area contributed by atoms with Crippen LogP contribution in [0.1, 0.15) is 25.0 Å². The maximum Gasteiger partial charge on any atom is 0.203 e. The Morgan fingerprint density at radius 3 is 1.63 bits per heavy atom. The van der Waals surface area contributed by atoms with Gasteiger partial charge in [-0.2, -0.15) is 0 Å². The first-order valence-corrected chi connectivity index (χ1v) is 9.69. The van der Waals surface area contributed by atoms with E-state index in [2.05, 4.69) is 55.6 Å². The lowest BCUT2D eigenvalue weighted by molar-refractivity contribution is 0.324. The smallest absolute Gasteiger partial charge is 0.203 e. The number of hydrogen-bond donors (Lipinski definition) is 0. The van der Waals surface area contributed by atoms with Crippen LogP contribution in [0.5, 0.6) is 17.2 Å². The van der Waals surface area contributed by atoms with E-state index in [0.29, 0.717) is 17.2 Å². The fourth-order valence-electron chi connectivity index (χ4n) is 2.70. The second kappa shape index (κ2) is 13.7. The summed E-state index contributed by atoms with van der Waals surface area (Å²) >= 11 is 0. The standard InChI is InChI=1S/C21H20O3.2C3H6/c1-22-19-13-16(14-20(23-2)21(19)24-3)9-8-15-10-11-17-6-4-5-7-18(17)12-15;2*1-3-2/h4-14H,1-3H3;2*3H,1H2,2H3/b9-8+;;. The molecule has 0 radical (unpaired) electrons. The Hall–Kier alpha value is -3.46. The van der Waals surface area contributed by atoms with E-state index >= 15 is 0 Å². The van der Waals surface area contributed by atoms with E-state index in [-0.39, 0.29) is 0 Å². The van der Waals surface area contributed by atoms with Crippen LogP contribution in [-0.4, -0.2) is 21.3 Å². The van der Waals surface area contributed by atoms with Gasteiger partial charge in [0, 0.05) is 0 Å². The molecule has 30 heavy (non-hydrogen) atoms. The zero-order valence-electron chi connectivity index (χ0n) is 18.6.